The lowest BCUT2D eigenvalue weighted by Gasteiger charge is -2.31. The van der Waals surface area contributed by atoms with E-state index in [-0.39, 0.29) is 35.6 Å². The highest BCUT2D eigenvalue weighted by molar-refractivity contribution is 5.86. The van der Waals surface area contributed by atoms with Gasteiger partial charge in [0, 0.05) is 12.8 Å². The van der Waals surface area contributed by atoms with Crippen molar-refractivity contribution in [3.63, 3.8) is 0 Å². The third-order valence-corrected chi connectivity index (χ3v) is 7.44. The molecule has 0 fully saturated rings. The maximum absolute atomic E-state index is 13.1. The Morgan fingerprint density at radius 1 is 0.683 bits per heavy atom. The summed E-state index contributed by atoms with van der Waals surface area (Å²) >= 11 is 0. The number of carbonyl (C=O) groups excluding carboxylic acids is 2. The van der Waals surface area contributed by atoms with Gasteiger partial charge in [-0.05, 0) is 98.6 Å². The van der Waals surface area contributed by atoms with Crippen molar-refractivity contribution in [3.8, 4) is 11.5 Å². The normalized spacial score (nSPS) is 12.9. The molecule has 2 rings (SSSR count). The molecule has 0 aromatic heterocycles. The number of carbonyl (C=O) groups is 2. The Bertz CT molecular complexity index is 1250. The van der Waals surface area contributed by atoms with Crippen molar-refractivity contribution in [2.45, 2.75) is 131 Å². The summed E-state index contributed by atoms with van der Waals surface area (Å²) in [7, 11) is 0. The van der Waals surface area contributed by atoms with E-state index in [0.717, 1.165) is 33.4 Å². The van der Waals surface area contributed by atoms with Gasteiger partial charge in [0.15, 0.2) is 5.78 Å². The van der Waals surface area contributed by atoms with Crippen LogP contribution in [0.25, 0.3) is 0 Å². The van der Waals surface area contributed by atoms with Gasteiger partial charge in [-0.15, -0.1) is 0 Å². The van der Waals surface area contributed by atoms with Crippen LogP contribution in [0, 0.1) is 13.8 Å². The van der Waals surface area contributed by atoms with E-state index in [2.05, 4.69) is 20.8 Å². The molecule has 0 spiro atoms. The van der Waals surface area contributed by atoms with E-state index in [9.17, 15) is 19.8 Å². The number of esters is 1. The van der Waals surface area contributed by atoms with Crippen molar-refractivity contribution in [2.75, 3.05) is 6.61 Å². The second-order valence-electron chi connectivity index (χ2n) is 14.6. The Morgan fingerprint density at radius 2 is 1.10 bits per heavy atom. The van der Waals surface area contributed by atoms with Crippen molar-refractivity contribution in [1.29, 1.82) is 0 Å². The SMILES string of the molecule is Cc1cc(CCC(=O)OC(C)(C)COC(C)(C)C(=O)CCc2cc(C)c(O)c(C(C)(C)C)c2)cc(C(C)(C)C)c1O. The lowest BCUT2D eigenvalue weighted by Crippen LogP contribution is -2.42. The first kappa shape index (κ1) is 34.3. The van der Waals surface area contributed by atoms with Gasteiger partial charge >= 0.3 is 5.97 Å². The maximum atomic E-state index is 13.1. The Morgan fingerprint density at radius 3 is 1.51 bits per heavy atom. The molecular formula is C35H52O6. The number of hydrogen-bond acceptors (Lipinski definition) is 6. The topological polar surface area (TPSA) is 93.1 Å². The van der Waals surface area contributed by atoms with Gasteiger partial charge in [0.05, 0.1) is 6.61 Å². The molecule has 0 aliphatic carbocycles. The molecule has 0 aliphatic rings. The van der Waals surface area contributed by atoms with Gasteiger partial charge in [0.2, 0.25) is 0 Å². The average molecular weight is 569 g/mol. The summed E-state index contributed by atoms with van der Waals surface area (Å²) in [6, 6.07) is 7.78. The second kappa shape index (κ2) is 12.6. The maximum Gasteiger partial charge on any atom is 0.306 e. The lowest BCUT2D eigenvalue weighted by molar-refractivity contribution is -0.170. The van der Waals surface area contributed by atoms with Crippen LogP contribution >= 0.6 is 0 Å². The first-order valence-electron chi connectivity index (χ1n) is 14.6. The Labute approximate surface area is 247 Å². The number of hydrogen-bond donors (Lipinski definition) is 2. The van der Waals surface area contributed by atoms with Crippen LogP contribution in [0.5, 0.6) is 11.5 Å². The largest absolute Gasteiger partial charge is 0.507 e. The quantitative estimate of drug-likeness (QED) is 0.272. The molecular weight excluding hydrogens is 516 g/mol. The van der Waals surface area contributed by atoms with E-state index in [4.69, 9.17) is 9.47 Å². The van der Waals surface area contributed by atoms with Crippen molar-refractivity contribution in [1.82, 2.24) is 0 Å². The van der Waals surface area contributed by atoms with E-state index in [1.54, 1.807) is 27.7 Å². The molecule has 6 nitrogen and oxygen atoms in total. The molecule has 2 N–H and O–H groups in total. The van der Waals surface area contributed by atoms with Crippen LogP contribution in [0.1, 0.15) is 115 Å². The molecule has 0 atom stereocenters. The van der Waals surface area contributed by atoms with Crippen LogP contribution in [0.4, 0.5) is 0 Å². The molecule has 0 heterocycles. The smallest absolute Gasteiger partial charge is 0.306 e. The Kier molecular flexibility index (Phi) is 10.5. The highest BCUT2D eigenvalue weighted by atomic mass is 16.6. The van der Waals surface area contributed by atoms with Gasteiger partial charge in [-0.1, -0.05) is 65.8 Å². The zero-order valence-electron chi connectivity index (χ0n) is 27.4. The molecule has 0 unspecified atom stereocenters. The van der Waals surface area contributed by atoms with Gasteiger partial charge < -0.3 is 19.7 Å². The molecule has 228 valence electrons. The predicted molar refractivity (Wildman–Crippen MR) is 165 cm³/mol. The van der Waals surface area contributed by atoms with Gasteiger partial charge in [0.1, 0.15) is 22.7 Å². The second-order valence-corrected chi connectivity index (χ2v) is 14.6. The van der Waals surface area contributed by atoms with Crippen LogP contribution in [-0.2, 0) is 42.7 Å². The molecule has 41 heavy (non-hydrogen) atoms. The number of Topliss-reactive ketones (excluding diaryl/α,β-unsaturated/α-hetero) is 1. The molecule has 0 radical (unpaired) electrons. The summed E-state index contributed by atoms with van der Waals surface area (Å²) in [5, 5.41) is 21.0. The summed E-state index contributed by atoms with van der Waals surface area (Å²) in [5.74, 6) is 0.219. The Balaban J connectivity index is 1.95. The van der Waals surface area contributed by atoms with Crippen LogP contribution in [-0.4, -0.2) is 39.8 Å². The molecule has 0 amide bonds. The van der Waals surface area contributed by atoms with Gasteiger partial charge in [-0.2, -0.15) is 0 Å². The summed E-state index contributed by atoms with van der Waals surface area (Å²) in [6.45, 7) is 23.2. The monoisotopic (exact) mass is 568 g/mol. The van der Waals surface area contributed by atoms with Crippen molar-refractivity contribution >= 4 is 11.8 Å². The minimum absolute atomic E-state index is 0.0417. The third kappa shape index (κ3) is 9.59. The summed E-state index contributed by atoms with van der Waals surface area (Å²) in [4.78, 5) is 25.8. The zero-order chi connectivity index (χ0) is 31.6. The van der Waals surface area contributed by atoms with Crippen LogP contribution in [0.15, 0.2) is 24.3 Å². The zero-order valence-corrected chi connectivity index (χ0v) is 27.4. The number of ether oxygens (including phenoxy) is 2. The highest BCUT2D eigenvalue weighted by Crippen LogP contribution is 2.35. The van der Waals surface area contributed by atoms with Crippen molar-refractivity contribution < 1.29 is 29.3 Å². The number of phenolic OH excluding ortho intramolecular Hbond substituents is 2. The summed E-state index contributed by atoms with van der Waals surface area (Å²) in [5.41, 5.74) is 2.91. The van der Waals surface area contributed by atoms with E-state index >= 15 is 0 Å². The fourth-order valence-corrected chi connectivity index (χ4v) is 4.77. The van der Waals surface area contributed by atoms with Crippen LogP contribution in [0.3, 0.4) is 0 Å². The van der Waals surface area contributed by atoms with Crippen LogP contribution in [0.2, 0.25) is 0 Å². The molecule has 0 saturated heterocycles. The lowest BCUT2D eigenvalue weighted by atomic mass is 9.83. The minimum atomic E-state index is -1.05. The van der Waals surface area contributed by atoms with Crippen LogP contribution < -0.4 is 0 Å². The van der Waals surface area contributed by atoms with E-state index in [0.29, 0.717) is 30.8 Å². The predicted octanol–water partition coefficient (Wildman–Crippen LogP) is 7.56. The number of rotatable bonds is 11. The number of aryl methyl sites for hydroxylation is 4. The highest BCUT2D eigenvalue weighted by Gasteiger charge is 2.33. The summed E-state index contributed by atoms with van der Waals surface area (Å²) in [6.07, 6.45) is 1.53. The number of benzene rings is 2. The number of aromatic hydroxyl groups is 2. The van der Waals surface area contributed by atoms with E-state index in [1.165, 1.54) is 0 Å². The number of ketones is 1. The molecule has 2 aromatic rings. The summed E-state index contributed by atoms with van der Waals surface area (Å²) < 4.78 is 11.8. The molecule has 0 aliphatic heterocycles. The van der Waals surface area contributed by atoms with E-state index < -0.39 is 11.2 Å². The van der Waals surface area contributed by atoms with Gasteiger partial charge in [-0.25, -0.2) is 0 Å². The van der Waals surface area contributed by atoms with Gasteiger partial charge in [-0.3, -0.25) is 9.59 Å². The first-order valence-corrected chi connectivity index (χ1v) is 14.6. The molecule has 0 saturated carbocycles. The Hall–Kier alpha value is -2.86. The minimum Gasteiger partial charge on any atom is -0.507 e. The molecule has 2 aromatic carbocycles. The molecule has 6 heteroatoms. The molecule has 0 bridgehead atoms. The third-order valence-electron chi connectivity index (χ3n) is 7.44. The van der Waals surface area contributed by atoms with Crippen molar-refractivity contribution in [2.24, 2.45) is 0 Å². The van der Waals surface area contributed by atoms with Gasteiger partial charge in [0.25, 0.3) is 0 Å². The fourth-order valence-electron chi connectivity index (χ4n) is 4.77. The first-order chi connectivity index (χ1) is 18.5. The van der Waals surface area contributed by atoms with E-state index in [1.807, 2.05) is 58.9 Å². The average Bonchev–Trinajstić information content (AvgIpc) is 2.82. The number of phenols is 2. The standard InChI is InChI=1S/C35H52O6/c1-22-17-24(19-26(30(22)38)32(3,4)5)13-15-28(36)35(11,12)40-21-34(9,10)41-29(37)16-14-25-18-23(2)31(39)27(20-25)33(6,7)8/h17-20,38-39H,13-16,21H2,1-12H3. The van der Waals surface area contributed by atoms with Crippen molar-refractivity contribution in [3.05, 3.63) is 57.6 Å². The fraction of sp³-hybridized carbons (Fsp3) is 0.600.